The summed E-state index contributed by atoms with van der Waals surface area (Å²) in [7, 11) is -3.67. The summed E-state index contributed by atoms with van der Waals surface area (Å²) < 4.78 is 27.3. The molecule has 1 aliphatic carbocycles. The molecule has 1 aliphatic rings. The summed E-state index contributed by atoms with van der Waals surface area (Å²) in [4.78, 5) is 11.0. The zero-order chi connectivity index (χ0) is 14.3. The van der Waals surface area contributed by atoms with Crippen molar-refractivity contribution in [3.05, 3.63) is 29.3 Å². The maximum absolute atomic E-state index is 12.3. The molecular weight excluding hydrogens is 266 g/mol. The lowest BCUT2D eigenvalue weighted by atomic mass is 10.1. The Morgan fingerprint density at radius 2 is 2.05 bits per heavy atom. The Morgan fingerprint density at radius 1 is 1.42 bits per heavy atom. The molecule has 1 aromatic carbocycles. The lowest BCUT2D eigenvalue weighted by Gasteiger charge is -2.15. The van der Waals surface area contributed by atoms with E-state index < -0.39 is 16.0 Å². The highest BCUT2D eigenvalue weighted by molar-refractivity contribution is 7.89. The standard InChI is InChI=1S/C13H17NO4S/c1-3-9-4-5-10(12(15)16)8-11(9)19(17,18)14-13(2)6-7-13/h4-5,8,14H,3,6-7H2,1-2H3,(H,15,16). The molecule has 1 aromatic rings. The van der Waals surface area contributed by atoms with Crippen LogP contribution in [0, 0.1) is 0 Å². The number of nitrogens with one attached hydrogen (secondary N) is 1. The third kappa shape index (κ3) is 2.96. The van der Waals surface area contributed by atoms with Crippen LogP contribution in [0.25, 0.3) is 0 Å². The molecule has 2 rings (SSSR count). The number of hydrogen-bond acceptors (Lipinski definition) is 3. The van der Waals surface area contributed by atoms with Gasteiger partial charge in [-0.1, -0.05) is 13.0 Å². The maximum atomic E-state index is 12.3. The topological polar surface area (TPSA) is 83.5 Å². The molecule has 0 amide bonds. The third-order valence-electron chi connectivity index (χ3n) is 3.37. The van der Waals surface area contributed by atoms with Crippen LogP contribution in [0.1, 0.15) is 42.6 Å². The molecule has 0 aliphatic heterocycles. The number of carboxylic acids is 1. The first kappa shape index (κ1) is 14.0. The minimum absolute atomic E-state index is 0.0153. The van der Waals surface area contributed by atoms with Gasteiger partial charge in [0.2, 0.25) is 10.0 Å². The van der Waals surface area contributed by atoms with Crippen molar-refractivity contribution in [3.63, 3.8) is 0 Å². The second-order valence-electron chi connectivity index (χ2n) is 5.15. The van der Waals surface area contributed by atoms with E-state index in [9.17, 15) is 13.2 Å². The van der Waals surface area contributed by atoms with Gasteiger partial charge in [0.25, 0.3) is 0 Å². The number of hydrogen-bond donors (Lipinski definition) is 2. The summed E-state index contributed by atoms with van der Waals surface area (Å²) in [5.74, 6) is -1.13. The van der Waals surface area contributed by atoms with Gasteiger partial charge in [-0.15, -0.1) is 0 Å². The van der Waals surface area contributed by atoms with Gasteiger partial charge in [-0.2, -0.15) is 0 Å². The molecule has 0 radical (unpaired) electrons. The summed E-state index contributed by atoms with van der Waals surface area (Å²) >= 11 is 0. The first-order valence-corrected chi connectivity index (χ1v) is 7.66. The van der Waals surface area contributed by atoms with Gasteiger partial charge in [-0.3, -0.25) is 0 Å². The minimum atomic E-state index is -3.67. The third-order valence-corrected chi connectivity index (χ3v) is 5.09. The number of rotatable bonds is 5. The summed E-state index contributed by atoms with van der Waals surface area (Å²) in [6.07, 6.45) is 2.16. The van der Waals surface area contributed by atoms with Crippen molar-refractivity contribution >= 4 is 16.0 Å². The predicted octanol–water partition coefficient (Wildman–Crippen LogP) is 1.78. The number of carbonyl (C=O) groups is 1. The zero-order valence-corrected chi connectivity index (χ0v) is 11.8. The van der Waals surface area contributed by atoms with Gasteiger partial charge in [-0.05, 0) is 43.9 Å². The van der Waals surface area contributed by atoms with E-state index in [0.29, 0.717) is 12.0 Å². The predicted molar refractivity (Wildman–Crippen MR) is 70.7 cm³/mol. The fraction of sp³-hybridized carbons (Fsp3) is 0.462. The van der Waals surface area contributed by atoms with E-state index in [2.05, 4.69) is 4.72 Å². The molecule has 0 heterocycles. The smallest absolute Gasteiger partial charge is 0.335 e. The van der Waals surface area contributed by atoms with Crippen molar-refractivity contribution in [2.45, 2.75) is 43.5 Å². The molecular formula is C13H17NO4S. The van der Waals surface area contributed by atoms with E-state index in [4.69, 9.17) is 5.11 Å². The average Bonchev–Trinajstić information content (AvgIpc) is 3.04. The number of sulfonamides is 1. The summed E-state index contributed by atoms with van der Waals surface area (Å²) in [6.45, 7) is 3.69. The van der Waals surface area contributed by atoms with Gasteiger partial charge in [0.1, 0.15) is 0 Å². The minimum Gasteiger partial charge on any atom is -0.478 e. The van der Waals surface area contributed by atoms with E-state index in [-0.39, 0.29) is 16.0 Å². The van der Waals surface area contributed by atoms with Crippen LogP contribution in [0.15, 0.2) is 23.1 Å². The van der Waals surface area contributed by atoms with E-state index in [1.54, 1.807) is 6.07 Å². The lowest BCUT2D eigenvalue weighted by molar-refractivity contribution is 0.0696. The Kier molecular flexibility index (Phi) is 3.40. The van der Waals surface area contributed by atoms with Crippen molar-refractivity contribution in [1.82, 2.24) is 4.72 Å². The molecule has 0 saturated heterocycles. The fourth-order valence-corrected chi connectivity index (χ4v) is 3.70. The number of aryl methyl sites for hydroxylation is 1. The Balaban J connectivity index is 2.46. The first-order chi connectivity index (χ1) is 8.77. The fourth-order valence-electron chi connectivity index (χ4n) is 1.90. The van der Waals surface area contributed by atoms with Crippen LogP contribution < -0.4 is 4.72 Å². The van der Waals surface area contributed by atoms with Crippen LogP contribution in [-0.2, 0) is 16.4 Å². The van der Waals surface area contributed by atoms with E-state index in [0.717, 1.165) is 12.8 Å². The molecule has 1 fully saturated rings. The molecule has 0 aromatic heterocycles. The Morgan fingerprint density at radius 3 is 2.53 bits per heavy atom. The van der Waals surface area contributed by atoms with Crippen LogP contribution >= 0.6 is 0 Å². The largest absolute Gasteiger partial charge is 0.478 e. The van der Waals surface area contributed by atoms with Gasteiger partial charge in [0.15, 0.2) is 0 Å². The number of benzene rings is 1. The number of aromatic carboxylic acids is 1. The van der Waals surface area contributed by atoms with Crippen molar-refractivity contribution in [1.29, 1.82) is 0 Å². The molecule has 19 heavy (non-hydrogen) atoms. The van der Waals surface area contributed by atoms with Gasteiger partial charge in [0.05, 0.1) is 10.5 Å². The van der Waals surface area contributed by atoms with E-state index in [1.807, 2.05) is 13.8 Å². The normalized spacial score (nSPS) is 17.2. The zero-order valence-electron chi connectivity index (χ0n) is 10.9. The van der Waals surface area contributed by atoms with Crippen LogP contribution in [-0.4, -0.2) is 25.0 Å². The van der Waals surface area contributed by atoms with Crippen LogP contribution in [0.4, 0.5) is 0 Å². The van der Waals surface area contributed by atoms with Crippen LogP contribution in [0.5, 0.6) is 0 Å². The molecule has 5 nitrogen and oxygen atoms in total. The molecule has 104 valence electrons. The van der Waals surface area contributed by atoms with Crippen molar-refractivity contribution in [2.75, 3.05) is 0 Å². The summed E-state index contributed by atoms with van der Waals surface area (Å²) in [6, 6.07) is 4.22. The van der Waals surface area contributed by atoms with E-state index >= 15 is 0 Å². The van der Waals surface area contributed by atoms with Crippen molar-refractivity contribution < 1.29 is 18.3 Å². The van der Waals surface area contributed by atoms with Crippen molar-refractivity contribution in [3.8, 4) is 0 Å². The highest BCUT2D eigenvalue weighted by Crippen LogP contribution is 2.36. The lowest BCUT2D eigenvalue weighted by Crippen LogP contribution is -2.34. The van der Waals surface area contributed by atoms with Crippen LogP contribution in [0.2, 0.25) is 0 Å². The maximum Gasteiger partial charge on any atom is 0.335 e. The van der Waals surface area contributed by atoms with Crippen LogP contribution in [0.3, 0.4) is 0 Å². The van der Waals surface area contributed by atoms with Gasteiger partial charge >= 0.3 is 5.97 Å². The molecule has 0 atom stereocenters. The molecule has 0 bridgehead atoms. The molecule has 1 saturated carbocycles. The highest BCUT2D eigenvalue weighted by Gasteiger charge is 2.41. The SMILES string of the molecule is CCc1ccc(C(=O)O)cc1S(=O)(=O)NC1(C)CC1. The quantitative estimate of drug-likeness (QED) is 0.862. The van der Waals surface area contributed by atoms with Crippen molar-refractivity contribution in [2.24, 2.45) is 0 Å². The Bertz CT molecular complexity index is 618. The summed E-state index contributed by atoms with van der Waals surface area (Å²) in [5, 5.41) is 8.97. The molecule has 2 N–H and O–H groups in total. The highest BCUT2D eigenvalue weighted by atomic mass is 32.2. The average molecular weight is 283 g/mol. The van der Waals surface area contributed by atoms with E-state index in [1.165, 1.54) is 12.1 Å². The summed E-state index contributed by atoms with van der Waals surface area (Å²) in [5.41, 5.74) is 0.239. The van der Waals surface area contributed by atoms with Gasteiger partial charge in [-0.25, -0.2) is 17.9 Å². The second-order valence-corrected chi connectivity index (χ2v) is 6.80. The first-order valence-electron chi connectivity index (χ1n) is 6.18. The van der Waals surface area contributed by atoms with Gasteiger partial charge in [0, 0.05) is 5.54 Å². The molecule has 0 unspecified atom stereocenters. The monoisotopic (exact) mass is 283 g/mol. The second kappa shape index (κ2) is 4.61. The van der Waals surface area contributed by atoms with Gasteiger partial charge < -0.3 is 5.11 Å². The Hall–Kier alpha value is -1.40. The number of carboxylic acid groups (broad SMARTS) is 1. The Labute approximate surface area is 112 Å². The molecule has 6 heteroatoms. The molecule has 0 spiro atoms.